The molecule has 1 aromatic carbocycles. The molecule has 2 N–H and O–H groups in total. The van der Waals surface area contributed by atoms with Crippen molar-refractivity contribution in [2.45, 2.75) is 6.92 Å². The summed E-state index contributed by atoms with van der Waals surface area (Å²) in [6, 6.07) is 3.52. The predicted molar refractivity (Wildman–Crippen MR) is 60.4 cm³/mol. The highest BCUT2D eigenvalue weighted by Gasteiger charge is 2.14. The number of anilines is 1. The first-order valence-electron chi connectivity index (χ1n) is 4.55. The Bertz CT molecular complexity index is 525. The van der Waals surface area contributed by atoms with Gasteiger partial charge in [0, 0.05) is 5.02 Å². The number of aryl methyl sites for hydroxylation is 1. The number of nitrogens with two attached hydrogens (primary N) is 1. The lowest BCUT2D eigenvalue weighted by atomic mass is 10.1. The number of halogens is 1. The van der Waals surface area contributed by atoms with E-state index in [9.17, 15) is 0 Å². The number of hydrogen-bond acceptors (Lipinski definition) is 5. The predicted octanol–water partition coefficient (Wildman–Crippen LogP) is 2.29. The molecule has 0 aliphatic heterocycles. The van der Waals surface area contributed by atoms with Gasteiger partial charge in [0.1, 0.15) is 5.75 Å². The van der Waals surface area contributed by atoms with E-state index < -0.39 is 0 Å². The van der Waals surface area contributed by atoms with Gasteiger partial charge in [0.05, 0.1) is 12.7 Å². The zero-order valence-corrected chi connectivity index (χ0v) is 9.58. The van der Waals surface area contributed by atoms with Gasteiger partial charge in [-0.25, -0.2) is 0 Å². The Kier molecular flexibility index (Phi) is 2.70. The molecule has 0 unspecified atom stereocenters. The lowest BCUT2D eigenvalue weighted by Crippen LogP contribution is -1.90. The molecule has 2 aromatic rings. The van der Waals surface area contributed by atoms with Crippen molar-refractivity contribution in [2.75, 3.05) is 12.8 Å². The van der Waals surface area contributed by atoms with Crippen LogP contribution in [0.25, 0.3) is 11.5 Å². The molecule has 0 spiro atoms. The van der Waals surface area contributed by atoms with Gasteiger partial charge >= 0.3 is 6.01 Å². The topological polar surface area (TPSA) is 74.2 Å². The fraction of sp³-hybridized carbons (Fsp3) is 0.200. The van der Waals surface area contributed by atoms with Gasteiger partial charge in [-0.05, 0) is 24.6 Å². The fourth-order valence-electron chi connectivity index (χ4n) is 1.33. The number of ether oxygens (including phenoxy) is 1. The molecule has 0 aliphatic carbocycles. The molecule has 2 rings (SSSR count). The molecule has 0 atom stereocenters. The second-order valence-electron chi connectivity index (χ2n) is 3.25. The molecule has 1 aromatic heterocycles. The normalized spacial score (nSPS) is 10.4. The number of rotatable bonds is 2. The molecule has 1 heterocycles. The molecule has 0 saturated carbocycles. The van der Waals surface area contributed by atoms with Crippen LogP contribution < -0.4 is 10.5 Å². The van der Waals surface area contributed by atoms with Gasteiger partial charge in [0.25, 0.3) is 5.89 Å². The van der Waals surface area contributed by atoms with Crippen LogP contribution in [0, 0.1) is 6.92 Å². The van der Waals surface area contributed by atoms with E-state index in [0.717, 1.165) is 5.56 Å². The zero-order valence-electron chi connectivity index (χ0n) is 8.82. The lowest BCUT2D eigenvalue weighted by molar-refractivity contribution is 0.414. The van der Waals surface area contributed by atoms with Crippen molar-refractivity contribution in [3.63, 3.8) is 0 Å². The van der Waals surface area contributed by atoms with E-state index in [1.165, 1.54) is 0 Å². The molecule has 0 radical (unpaired) electrons. The summed E-state index contributed by atoms with van der Waals surface area (Å²) in [5.74, 6) is 0.904. The van der Waals surface area contributed by atoms with Crippen LogP contribution in [0.5, 0.6) is 5.75 Å². The van der Waals surface area contributed by atoms with Gasteiger partial charge in [-0.1, -0.05) is 16.7 Å². The van der Waals surface area contributed by atoms with Crippen molar-refractivity contribution in [3.8, 4) is 17.2 Å². The zero-order chi connectivity index (χ0) is 11.7. The van der Waals surface area contributed by atoms with Crippen molar-refractivity contribution in [1.29, 1.82) is 0 Å². The van der Waals surface area contributed by atoms with Gasteiger partial charge in [-0.15, -0.1) is 5.10 Å². The second kappa shape index (κ2) is 4.02. The highest BCUT2D eigenvalue weighted by Crippen LogP contribution is 2.33. The first-order valence-corrected chi connectivity index (χ1v) is 4.93. The first-order chi connectivity index (χ1) is 7.61. The highest BCUT2D eigenvalue weighted by atomic mass is 35.5. The lowest BCUT2D eigenvalue weighted by Gasteiger charge is -2.07. The number of nitrogen functional groups attached to an aromatic ring is 1. The summed E-state index contributed by atoms with van der Waals surface area (Å²) >= 11 is 6.02. The van der Waals surface area contributed by atoms with E-state index in [4.69, 9.17) is 26.5 Å². The van der Waals surface area contributed by atoms with Crippen LogP contribution >= 0.6 is 11.6 Å². The van der Waals surface area contributed by atoms with Gasteiger partial charge in [0.2, 0.25) is 0 Å². The maximum absolute atomic E-state index is 6.02. The smallest absolute Gasteiger partial charge is 0.313 e. The molecule has 16 heavy (non-hydrogen) atoms. The minimum absolute atomic E-state index is 0.00810. The van der Waals surface area contributed by atoms with Gasteiger partial charge in [-0.2, -0.15) is 0 Å². The number of aromatic nitrogens is 2. The van der Waals surface area contributed by atoms with Crippen molar-refractivity contribution in [3.05, 3.63) is 22.7 Å². The Morgan fingerprint density at radius 1 is 1.38 bits per heavy atom. The number of hydrogen-bond donors (Lipinski definition) is 1. The van der Waals surface area contributed by atoms with Crippen LogP contribution in [-0.4, -0.2) is 17.3 Å². The van der Waals surface area contributed by atoms with E-state index in [2.05, 4.69) is 10.2 Å². The summed E-state index contributed by atoms with van der Waals surface area (Å²) in [4.78, 5) is 0. The Hall–Kier alpha value is -1.75. The van der Waals surface area contributed by atoms with Crippen LogP contribution in [0.4, 0.5) is 6.01 Å². The molecule has 0 saturated heterocycles. The Morgan fingerprint density at radius 3 is 2.69 bits per heavy atom. The minimum atomic E-state index is 0.00810. The Balaban J connectivity index is 2.59. The van der Waals surface area contributed by atoms with Crippen LogP contribution in [0.2, 0.25) is 5.02 Å². The van der Waals surface area contributed by atoms with Gasteiger partial charge in [0.15, 0.2) is 0 Å². The van der Waals surface area contributed by atoms with Crippen molar-refractivity contribution < 1.29 is 9.15 Å². The largest absolute Gasteiger partial charge is 0.496 e. The van der Waals surface area contributed by atoms with Crippen LogP contribution in [0.1, 0.15) is 5.56 Å². The third-order valence-corrected chi connectivity index (χ3v) is 2.56. The number of methoxy groups -OCH3 is 1. The molecule has 0 aliphatic rings. The van der Waals surface area contributed by atoms with E-state index >= 15 is 0 Å². The van der Waals surface area contributed by atoms with E-state index in [-0.39, 0.29) is 11.9 Å². The van der Waals surface area contributed by atoms with Crippen LogP contribution in [0.3, 0.4) is 0 Å². The summed E-state index contributed by atoms with van der Waals surface area (Å²) in [5.41, 5.74) is 6.90. The summed E-state index contributed by atoms with van der Waals surface area (Å²) in [7, 11) is 1.56. The quantitative estimate of drug-likeness (QED) is 0.870. The molecule has 5 nitrogen and oxygen atoms in total. The van der Waals surface area contributed by atoms with E-state index in [0.29, 0.717) is 16.3 Å². The molecule has 84 valence electrons. The van der Waals surface area contributed by atoms with Crippen LogP contribution in [0.15, 0.2) is 16.5 Å². The van der Waals surface area contributed by atoms with Gasteiger partial charge in [-0.3, -0.25) is 0 Å². The second-order valence-corrected chi connectivity index (χ2v) is 3.65. The molecular weight excluding hydrogens is 230 g/mol. The Labute approximate surface area is 97.2 Å². The van der Waals surface area contributed by atoms with Gasteiger partial charge < -0.3 is 14.9 Å². The SMILES string of the molecule is COc1cc(C)c(Cl)cc1-c1nnc(N)o1. The molecular formula is C10H10ClN3O2. The van der Waals surface area contributed by atoms with E-state index in [1.807, 2.05) is 6.92 Å². The summed E-state index contributed by atoms with van der Waals surface area (Å²) < 4.78 is 10.3. The Morgan fingerprint density at radius 2 is 2.12 bits per heavy atom. The highest BCUT2D eigenvalue weighted by molar-refractivity contribution is 6.31. The standard InChI is InChI=1S/C10H10ClN3O2/c1-5-3-8(15-2)6(4-7(5)11)9-13-14-10(12)16-9/h3-4H,1-2H3,(H2,12,14). The van der Waals surface area contributed by atoms with Crippen molar-refractivity contribution in [1.82, 2.24) is 10.2 Å². The van der Waals surface area contributed by atoms with Crippen molar-refractivity contribution in [2.24, 2.45) is 0 Å². The van der Waals surface area contributed by atoms with E-state index in [1.54, 1.807) is 19.2 Å². The third kappa shape index (κ3) is 1.81. The van der Waals surface area contributed by atoms with Crippen molar-refractivity contribution >= 4 is 17.6 Å². The third-order valence-electron chi connectivity index (χ3n) is 2.15. The molecule has 0 fully saturated rings. The minimum Gasteiger partial charge on any atom is -0.496 e. The first kappa shape index (κ1) is 10.8. The maximum Gasteiger partial charge on any atom is 0.313 e. The molecule has 6 heteroatoms. The monoisotopic (exact) mass is 239 g/mol. The summed E-state index contributed by atoms with van der Waals surface area (Å²) in [6.07, 6.45) is 0. The fourth-order valence-corrected chi connectivity index (χ4v) is 1.50. The molecule has 0 bridgehead atoms. The number of benzene rings is 1. The van der Waals surface area contributed by atoms with Crippen LogP contribution in [-0.2, 0) is 0 Å². The maximum atomic E-state index is 6.02. The summed E-state index contributed by atoms with van der Waals surface area (Å²) in [6.45, 7) is 1.89. The average molecular weight is 240 g/mol. The summed E-state index contributed by atoms with van der Waals surface area (Å²) in [5, 5.41) is 7.97. The average Bonchev–Trinajstić information content (AvgIpc) is 2.68. The molecule has 0 amide bonds. The number of nitrogens with zero attached hydrogens (tertiary/aromatic N) is 2.